The van der Waals surface area contributed by atoms with Gasteiger partial charge >= 0.3 is 0 Å². The Morgan fingerprint density at radius 3 is 2.59 bits per heavy atom. The summed E-state index contributed by atoms with van der Waals surface area (Å²) >= 11 is 6.48. The molecule has 0 spiro atoms. The smallest absolute Gasteiger partial charge is 0.222 e. The highest BCUT2D eigenvalue weighted by Gasteiger charge is 2.19. The second kappa shape index (κ2) is 7.87. The minimum Gasteiger partial charge on any atom is -0.480 e. The summed E-state index contributed by atoms with van der Waals surface area (Å²) in [5.74, 6) is 0.880. The topological polar surface area (TPSA) is 60.2 Å². The van der Waals surface area contributed by atoms with Gasteiger partial charge in [-0.3, -0.25) is 0 Å². The molecule has 0 fully saturated rings. The first-order chi connectivity index (χ1) is 12.9. The third-order valence-electron chi connectivity index (χ3n) is 4.95. The van der Waals surface area contributed by atoms with E-state index in [9.17, 15) is 5.11 Å². The maximum Gasteiger partial charge on any atom is 0.222 e. The number of aromatic nitrogens is 3. The molecule has 0 bridgehead atoms. The van der Waals surface area contributed by atoms with E-state index in [1.807, 2.05) is 36.7 Å². The Kier molecular flexibility index (Phi) is 5.72. The number of pyridine rings is 2. The van der Waals surface area contributed by atoms with Gasteiger partial charge in [0.25, 0.3) is 0 Å². The third kappa shape index (κ3) is 3.54. The Balaban J connectivity index is 2.20. The molecule has 0 aliphatic carbocycles. The predicted molar refractivity (Wildman–Crippen MR) is 110 cm³/mol. The van der Waals surface area contributed by atoms with E-state index in [-0.39, 0.29) is 12.6 Å². The zero-order valence-electron chi connectivity index (χ0n) is 16.5. The Labute approximate surface area is 165 Å². The van der Waals surface area contributed by atoms with Crippen LogP contribution in [0.2, 0.25) is 5.02 Å². The molecule has 0 amide bonds. The maximum absolute atomic E-state index is 9.68. The van der Waals surface area contributed by atoms with Crippen LogP contribution in [0.1, 0.15) is 50.4 Å². The number of rotatable bonds is 6. The molecular weight excluding hydrogens is 362 g/mol. The molecule has 3 rings (SSSR count). The number of aliphatic hydroxyl groups is 1. The van der Waals surface area contributed by atoms with Crippen LogP contribution < -0.4 is 4.74 Å². The van der Waals surface area contributed by atoms with Gasteiger partial charge in [-0.15, -0.1) is 0 Å². The Morgan fingerprint density at radius 1 is 1.26 bits per heavy atom. The van der Waals surface area contributed by atoms with Crippen molar-refractivity contribution in [3.63, 3.8) is 0 Å². The van der Waals surface area contributed by atoms with Gasteiger partial charge in [0.15, 0.2) is 0 Å². The highest BCUT2D eigenvalue weighted by molar-refractivity contribution is 6.35. The Hall–Kier alpha value is -2.11. The molecule has 0 saturated heterocycles. The second-order valence-electron chi connectivity index (χ2n) is 7.10. The van der Waals surface area contributed by atoms with E-state index in [1.165, 1.54) is 0 Å². The monoisotopic (exact) mass is 387 g/mol. The van der Waals surface area contributed by atoms with Crippen LogP contribution in [0.5, 0.6) is 5.88 Å². The van der Waals surface area contributed by atoms with Gasteiger partial charge in [-0.1, -0.05) is 32.4 Å². The number of methoxy groups -OCH3 is 1. The van der Waals surface area contributed by atoms with Crippen LogP contribution in [0, 0.1) is 6.92 Å². The summed E-state index contributed by atoms with van der Waals surface area (Å²) in [6.07, 6.45) is 2.66. The summed E-state index contributed by atoms with van der Waals surface area (Å²) in [5.41, 5.74) is 5.28. The molecule has 27 heavy (non-hydrogen) atoms. The average molecular weight is 388 g/mol. The zero-order valence-corrected chi connectivity index (χ0v) is 17.2. The minimum absolute atomic E-state index is 0.0198. The van der Waals surface area contributed by atoms with Crippen molar-refractivity contribution in [2.24, 2.45) is 0 Å². The van der Waals surface area contributed by atoms with Crippen molar-refractivity contribution in [3.05, 3.63) is 40.7 Å². The van der Waals surface area contributed by atoms with Crippen LogP contribution in [0.25, 0.3) is 22.3 Å². The fourth-order valence-corrected chi connectivity index (χ4v) is 3.57. The number of aliphatic hydroxyl groups excluding tert-OH is 1. The molecule has 3 aromatic heterocycles. The molecule has 5 nitrogen and oxygen atoms in total. The molecule has 0 aliphatic heterocycles. The van der Waals surface area contributed by atoms with E-state index in [0.29, 0.717) is 16.8 Å². The SMILES string of the molecule is CCC(CO)n1cc(Cl)c2nc(-c3ccc(C(C)C)nc3OC)c(C)cc21. The first-order valence-corrected chi connectivity index (χ1v) is 9.62. The predicted octanol–water partition coefficient (Wildman–Crippen LogP) is 5.14. The number of aryl methyl sites for hydroxylation is 1. The second-order valence-corrected chi connectivity index (χ2v) is 7.51. The molecule has 0 saturated carbocycles. The highest BCUT2D eigenvalue weighted by atomic mass is 35.5. The lowest BCUT2D eigenvalue weighted by atomic mass is 10.0. The quantitative estimate of drug-likeness (QED) is 0.636. The molecule has 1 atom stereocenters. The van der Waals surface area contributed by atoms with E-state index >= 15 is 0 Å². The normalized spacial score (nSPS) is 12.7. The van der Waals surface area contributed by atoms with Crippen LogP contribution >= 0.6 is 11.6 Å². The lowest BCUT2D eigenvalue weighted by Crippen LogP contribution is -2.11. The van der Waals surface area contributed by atoms with Crippen LogP contribution in [0.3, 0.4) is 0 Å². The summed E-state index contributed by atoms with van der Waals surface area (Å²) < 4.78 is 7.56. The third-order valence-corrected chi connectivity index (χ3v) is 5.22. The van der Waals surface area contributed by atoms with Gasteiger partial charge in [-0.05, 0) is 43.0 Å². The number of fused-ring (bicyclic) bond motifs is 1. The lowest BCUT2D eigenvalue weighted by Gasteiger charge is -2.16. The van der Waals surface area contributed by atoms with Crippen LogP contribution in [-0.4, -0.2) is 33.4 Å². The average Bonchev–Trinajstić information content (AvgIpc) is 2.97. The van der Waals surface area contributed by atoms with E-state index in [2.05, 4.69) is 24.9 Å². The summed E-state index contributed by atoms with van der Waals surface area (Å²) in [6, 6.07) is 6.07. The summed E-state index contributed by atoms with van der Waals surface area (Å²) in [7, 11) is 1.63. The van der Waals surface area contributed by atoms with Crippen molar-refractivity contribution >= 4 is 22.6 Å². The minimum atomic E-state index is -0.0198. The maximum atomic E-state index is 9.68. The molecular formula is C21H26ClN3O2. The lowest BCUT2D eigenvalue weighted by molar-refractivity contribution is 0.227. The summed E-state index contributed by atoms with van der Waals surface area (Å²) in [5, 5.41) is 10.3. The fraction of sp³-hybridized carbons (Fsp3) is 0.429. The van der Waals surface area contributed by atoms with Crippen molar-refractivity contribution < 1.29 is 9.84 Å². The van der Waals surface area contributed by atoms with Crippen LogP contribution in [0.15, 0.2) is 24.4 Å². The van der Waals surface area contributed by atoms with Gasteiger partial charge in [0, 0.05) is 11.9 Å². The Morgan fingerprint density at radius 2 is 2.00 bits per heavy atom. The zero-order chi connectivity index (χ0) is 19.7. The van der Waals surface area contributed by atoms with Gasteiger partial charge in [0.2, 0.25) is 5.88 Å². The molecule has 144 valence electrons. The standard InChI is InChI=1S/C21H26ClN3O2/c1-6-14(11-26)25-10-16(22)20-18(25)9-13(4)19(24-20)15-7-8-17(12(2)3)23-21(15)27-5/h7-10,12,14,26H,6,11H2,1-5H3. The Bertz CT molecular complexity index is 962. The first kappa shape index (κ1) is 19.6. The number of nitrogens with zero attached hydrogens (tertiary/aromatic N) is 3. The highest BCUT2D eigenvalue weighted by Crippen LogP contribution is 2.35. The molecule has 0 radical (unpaired) electrons. The number of hydrogen-bond acceptors (Lipinski definition) is 4. The van der Waals surface area contributed by atoms with Crippen molar-refractivity contribution in [2.75, 3.05) is 13.7 Å². The van der Waals surface area contributed by atoms with Crippen molar-refractivity contribution in [2.45, 2.75) is 46.1 Å². The van der Waals surface area contributed by atoms with Crippen molar-refractivity contribution in [1.29, 1.82) is 0 Å². The molecule has 3 heterocycles. The largest absolute Gasteiger partial charge is 0.480 e. The van der Waals surface area contributed by atoms with Crippen molar-refractivity contribution in [1.82, 2.24) is 14.5 Å². The van der Waals surface area contributed by atoms with Gasteiger partial charge in [-0.25, -0.2) is 9.97 Å². The fourth-order valence-electron chi connectivity index (χ4n) is 3.33. The van der Waals surface area contributed by atoms with E-state index in [4.69, 9.17) is 21.3 Å². The van der Waals surface area contributed by atoms with Crippen LogP contribution in [-0.2, 0) is 0 Å². The van der Waals surface area contributed by atoms with Gasteiger partial charge < -0.3 is 14.4 Å². The van der Waals surface area contributed by atoms with Gasteiger partial charge in [0.1, 0.15) is 5.52 Å². The van der Waals surface area contributed by atoms with Crippen molar-refractivity contribution in [3.8, 4) is 17.1 Å². The molecule has 1 unspecified atom stereocenters. The first-order valence-electron chi connectivity index (χ1n) is 9.25. The van der Waals surface area contributed by atoms with E-state index < -0.39 is 0 Å². The molecule has 0 aliphatic rings. The summed E-state index contributed by atoms with van der Waals surface area (Å²) in [6.45, 7) is 8.33. The molecule has 0 aromatic carbocycles. The van der Waals surface area contributed by atoms with Crippen LogP contribution in [0.4, 0.5) is 0 Å². The molecule has 1 N–H and O–H groups in total. The molecule has 6 heteroatoms. The van der Waals surface area contributed by atoms with Gasteiger partial charge in [0.05, 0.1) is 41.6 Å². The van der Waals surface area contributed by atoms with E-state index in [0.717, 1.165) is 40.0 Å². The number of ether oxygens (including phenoxy) is 1. The van der Waals surface area contributed by atoms with Gasteiger partial charge in [-0.2, -0.15) is 0 Å². The number of hydrogen-bond donors (Lipinski definition) is 1. The number of halogens is 1. The van der Waals surface area contributed by atoms with E-state index in [1.54, 1.807) is 7.11 Å². The summed E-state index contributed by atoms with van der Waals surface area (Å²) in [4.78, 5) is 9.48. The molecule has 3 aromatic rings.